The Morgan fingerprint density at radius 2 is 2.00 bits per heavy atom. The number of pyridine rings is 1. The molecule has 1 fully saturated rings. The Morgan fingerprint density at radius 3 is 2.71 bits per heavy atom. The lowest BCUT2D eigenvalue weighted by Gasteiger charge is -2.30. The third-order valence-electron chi connectivity index (χ3n) is 5.88. The highest BCUT2D eigenvalue weighted by atomic mass is 35.5. The zero-order chi connectivity index (χ0) is 24.5. The maximum atomic E-state index is 13.4. The van der Waals surface area contributed by atoms with E-state index in [4.69, 9.17) is 30.5 Å². The quantitative estimate of drug-likeness (QED) is 0.591. The molecule has 7 nitrogen and oxygen atoms in total. The maximum Gasteiger partial charge on any atom is 0.329 e. The van der Waals surface area contributed by atoms with Crippen LogP contribution in [0.5, 0.6) is 5.75 Å². The molecule has 184 valence electrons. The van der Waals surface area contributed by atoms with Gasteiger partial charge < -0.3 is 18.9 Å². The van der Waals surface area contributed by atoms with Crippen molar-refractivity contribution in [3.8, 4) is 16.9 Å². The van der Waals surface area contributed by atoms with Crippen molar-refractivity contribution in [1.29, 1.82) is 0 Å². The summed E-state index contributed by atoms with van der Waals surface area (Å²) in [6.07, 6.45) is 2.38. The summed E-state index contributed by atoms with van der Waals surface area (Å²) in [5.41, 5.74) is 1.63. The van der Waals surface area contributed by atoms with Crippen LogP contribution >= 0.6 is 11.6 Å². The molecule has 0 spiro atoms. The van der Waals surface area contributed by atoms with Crippen LogP contribution in [0.1, 0.15) is 45.7 Å². The molecule has 1 saturated heterocycles. The van der Waals surface area contributed by atoms with Crippen molar-refractivity contribution >= 4 is 17.6 Å². The second-order valence-corrected chi connectivity index (χ2v) is 10.5. The van der Waals surface area contributed by atoms with Crippen molar-refractivity contribution in [1.82, 2.24) is 4.57 Å². The second kappa shape index (κ2) is 10.1. The Balaban J connectivity index is 1.78. The lowest BCUT2D eigenvalue weighted by Crippen LogP contribution is -2.39. The van der Waals surface area contributed by atoms with E-state index in [1.165, 1.54) is 10.6 Å². The molecule has 8 heteroatoms. The van der Waals surface area contributed by atoms with Crippen LogP contribution in [0.15, 0.2) is 35.3 Å². The van der Waals surface area contributed by atoms with E-state index in [9.17, 15) is 9.59 Å². The minimum absolute atomic E-state index is 0.256. The van der Waals surface area contributed by atoms with E-state index in [1.807, 2.05) is 18.2 Å². The highest BCUT2D eigenvalue weighted by molar-refractivity contribution is 6.30. The molecule has 34 heavy (non-hydrogen) atoms. The third kappa shape index (κ3) is 5.82. The van der Waals surface area contributed by atoms with Gasteiger partial charge in [-0.15, -0.1) is 0 Å². The van der Waals surface area contributed by atoms with Crippen LogP contribution in [-0.4, -0.2) is 48.7 Å². The van der Waals surface area contributed by atoms with Crippen molar-refractivity contribution < 1.29 is 23.7 Å². The molecule has 3 heterocycles. The molecule has 2 aromatic rings. The van der Waals surface area contributed by atoms with Crippen LogP contribution in [0.3, 0.4) is 0 Å². The Bertz CT molecular complexity index is 1100. The number of hydrogen-bond acceptors (Lipinski definition) is 6. The summed E-state index contributed by atoms with van der Waals surface area (Å²) in [6.45, 7) is 9.33. The molecule has 0 amide bonds. The maximum absolute atomic E-state index is 13.4. The van der Waals surface area contributed by atoms with E-state index < -0.39 is 17.6 Å². The molecule has 0 N–H and O–H groups in total. The summed E-state index contributed by atoms with van der Waals surface area (Å²) >= 11 is 6.30. The molecule has 0 aliphatic carbocycles. The average Bonchev–Trinajstić information content (AvgIpc) is 2.76. The van der Waals surface area contributed by atoms with Gasteiger partial charge in [0, 0.05) is 23.1 Å². The normalized spacial score (nSPS) is 21.3. The van der Waals surface area contributed by atoms with Crippen molar-refractivity contribution in [2.45, 2.75) is 58.3 Å². The van der Waals surface area contributed by atoms with Gasteiger partial charge in [0.1, 0.15) is 17.4 Å². The Hall–Kier alpha value is -2.35. The molecule has 1 aromatic heterocycles. The zero-order valence-electron chi connectivity index (χ0n) is 20.1. The number of aromatic nitrogens is 1. The van der Waals surface area contributed by atoms with Gasteiger partial charge in [-0.05, 0) is 56.4 Å². The van der Waals surface area contributed by atoms with E-state index in [0.29, 0.717) is 42.8 Å². The molecular formula is C26H32ClNO6. The molecule has 4 rings (SSSR count). The minimum atomic E-state index is -0.881. The highest BCUT2D eigenvalue weighted by Gasteiger charge is 2.32. The van der Waals surface area contributed by atoms with Crippen LogP contribution in [0.4, 0.5) is 0 Å². The van der Waals surface area contributed by atoms with E-state index >= 15 is 0 Å². The third-order valence-corrected chi connectivity index (χ3v) is 6.12. The minimum Gasteiger partial charge on any atom is -0.491 e. The fourth-order valence-corrected chi connectivity index (χ4v) is 4.53. The van der Waals surface area contributed by atoms with Crippen molar-refractivity contribution in [3.63, 3.8) is 0 Å². The number of rotatable bonds is 4. The topological polar surface area (TPSA) is 76.0 Å². The van der Waals surface area contributed by atoms with Crippen molar-refractivity contribution in [3.05, 3.63) is 51.4 Å². The molecule has 0 saturated carbocycles. The van der Waals surface area contributed by atoms with Gasteiger partial charge in [0.15, 0.2) is 0 Å². The number of esters is 1. The zero-order valence-corrected chi connectivity index (χ0v) is 20.9. The largest absolute Gasteiger partial charge is 0.491 e. The fourth-order valence-electron chi connectivity index (χ4n) is 4.36. The molecular weight excluding hydrogens is 458 g/mol. The molecule has 3 atom stereocenters. The second-order valence-electron chi connectivity index (χ2n) is 10.1. The first-order chi connectivity index (χ1) is 16.1. The summed E-state index contributed by atoms with van der Waals surface area (Å²) in [5, 5.41) is 0.586. The molecule has 1 aromatic carbocycles. The van der Waals surface area contributed by atoms with Gasteiger partial charge in [-0.1, -0.05) is 24.6 Å². The number of benzene rings is 1. The first kappa shape index (κ1) is 24.8. The smallest absolute Gasteiger partial charge is 0.329 e. The molecule has 2 aliphatic heterocycles. The SMILES string of the molecule is C[C@H]1COc2cn(C(C[C@@H]3COCCO3)C(=O)OC(C)(C)C)c(=O)cc2-c2cc(Cl)ccc2C1. The summed E-state index contributed by atoms with van der Waals surface area (Å²) in [5.74, 6) is 0.304. The Morgan fingerprint density at radius 1 is 1.21 bits per heavy atom. The van der Waals surface area contributed by atoms with E-state index in [0.717, 1.165) is 17.5 Å². The Labute approximate surface area is 204 Å². The Kier molecular flexibility index (Phi) is 7.36. The number of hydrogen-bond donors (Lipinski definition) is 0. The predicted octanol–water partition coefficient (Wildman–Crippen LogP) is 4.43. The van der Waals surface area contributed by atoms with Gasteiger partial charge in [0.05, 0.1) is 38.7 Å². The lowest BCUT2D eigenvalue weighted by molar-refractivity contribution is -0.162. The molecule has 0 bridgehead atoms. The summed E-state index contributed by atoms with van der Waals surface area (Å²) in [7, 11) is 0. The number of fused-ring (bicyclic) bond motifs is 3. The molecule has 1 unspecified atom stereocenters. The highest BCUT2D eigenvalue weighted by Crippen LogP contribution is 2.37. The summed E-state index contributed by atoms with van der Waals surface area (Å²) in [4.78, 5) is 26.6. The van der Waals surface area contributed by atoms with E-state index in [2.05, 4.69) is 6.92 Å². The summed E-state index contributed by atoms with van der Waals surface area (Å²) in [6, 6.07) is 6.36. The lowest BCUT2D eigenvalue weighted by atomic mass is 9.92. The first-order valence-electron chi connectivity index (χ1n) is 11.7. The van der Waals surface area contributed by atoms with Crippen LogP contribution in [0, 0.1) is 5.92 Å². The number of ether oxygens (including phenoxy) is 4. The number of carbonyl (C=O) groups is 1. The summed E-state index contributed by atoms with van der Waals surface area (Å²) < 4.78 is 24.5. The van der Waals surface area contributed by atoms with Crippen LogP contribution in [-0.2, 0) is 25.4 Å². The first-order valence-corrected chi connectivity index (χ1v) is 12.1. The number of halogens is 1. The van der Waals surface area contributed by atoms with Gasteiger partial charge in [0.25, 0.3) is 5.56 Å². The van der Waals surface area contributed by atoms with Crippen molar-refractivity contribution in [2.75, 3.05) is 26.4 Å². The van der Waals surface area contributed by atoms with Gasteiger partial charge in [0.2, 0.25) is 0 Å². The standard InChI is InChI=1S/C26H32ClNO6/c1-16-9-17-5-6-18(27)10-20(17)21-12-24(29)28(13-23(21)33-14-16)22(25(30)34-26(2,3)4)11-19-15-31-7-8-32-19/h5-6,10,12-13,16,19,22H,7-9,11,14-15H2,1-4H3/t16-,19-,22?/m1/s1. The van der Waals surface area contributed by atoms with Crippen LogP contribution in [0.2, 0.25) is 5.02 Å². The van der Waals surface area contributed by atoms with Gasteiger partial charge in [-0.2, -0.15) is 0 Å². The van der Waals surface area contributed by atoms with Gasteiger partial charge in [-0.3, -0.25) is 9.36 Å². The average molecular weight is 490 g/mol. The van der Waals surface area contributed by atoms with Crippen molar-refractivity contribution in [2.24, 2.45) is 5.92 Å². The molecule has 2 aliphatic rings. The fraction of sp³-hybridized carbons (Fsp3) is 0.538. The number of carbonyl (C=O) groups excluding carboxylic acids is 1. The van der Waals surface area contributed by atoms with E-state index in [-0.39, 0.29) is 24.0 Å². The van der Waals surface area contributed by atoms with Gasteiger partial charge >= 0.3 is 5.97 Å². The molecule has 0 radical (unpaired) electrons. The van der Waals surface area contributed by atoms with Gasteiger partial charge in [-0.25, -0.2) is 4.79 Å². The van der Waals surface area contributed by atoms with Crippen LogP contribution in [0.25, 0.3) is 11.1 Å². The van der Waals surface area contributed by atoms with E-state index in [1.54, 1.807) is 27.0 Å². The van der Waals surface area contributed by atoms with Crippen LogP contribution < -0.4 is 10.3 Å². The predicted molar refractivity (Wildman–Crippen MR) is 130 cm³/mol. The monoisotopic (exact) mass is 489 g/mol. The number of nitrogens with zero attached hydrogens (tertiary/aromatic N) is 1.